The molecule has 0 radical (unpaired) electrons. The first-order chi connectivity index (χ1) is 13.4. The van der Waals surface area contributed by atoms with E-state index in [0.29, 0.717) is 39.5 Å². The lowest BCUT2D eigenvalue weighted by atomic mass is 10.1. The monoisotopic (exact) mass is 376 g/mol. The number of aryl methyl sites for hydroxylation is 1. The molecule has 0 aliphatic heterocycles. The fraction of sp³-hybridized carbons (Fsp3) is 0.182. The number of hydrogen-bond donors (Lipinski definition) is 2. The zero-order valence-electron chi connectivity index (χ0n) is 16.1. The van der Waals surface area contributed by atoms with E-state index in [4.69, 9.17) is 9.15 Å². The molecule has 0 saturated heterocycles. The first-order valence-corrected chi connectivity index (χ1v) is 8.91. The van der Waals surface area contributed by atoms with Gasteiger partial charge in [-0.25, -0.2) is 0 Å². The highest BCUT2D eigenvalue weighted by Crippen LogP contribution is 2.36. The van der Waals surface area contributed by atoms with E-state index in [9.17, 15) is 9.59 Å². The molecule has 2 heterocycles. The summed E-state index contributed by atoms with van der Waals surface area (Å²) >= 11 is 0. The molecule has 0 aliphatic rings. The summed E-state index contributed by atoms with van der Waals surface area (Å²) in [6.45, 7) is 5.03. The molecular weight excluding hydrogens is 356 g/mol. The second kappa shape index (κ2) is 6.56. The van der Waals surface area contributed by atoms with E-state index < -0.39 is 0 Å². The number of hydrogen-bond acceptors (Lipinski definition) is 4. The average Bonchev–Trinajstić information content (AvgIpc) is 3.17. The number of furan rings is 1. The molecule has 0 saturated carbocycles. The van der Waals surface area contributed by atoms with E-state index in [1.165, 1.54) is 6.92 Å². The van der Waals surface area contributed by atoms with E-state index in [-0.39, 0.29) is 11.7 Å². The standard InChI is InChI=1S/C22H20N2O4/c1-11-20(13(3)25)12(2)23-21(11)22(26)24-16-10-18-15(9-19(16)27-4)14-7-5-6-8-17(14)28-18/h5-10,23H,1-4H3,(H,24,26). The summed E-state index contributed by atoms with van der Waals surface area (Å²) in [5.74, 6) is 0.105. The number of amides is 1. The molecule has 6 nitrogen and oxygen atoms in total. The molecular formula is C22H20N2O4. The fourth-order valence-electron chi connectivity index (χ4n) is 3.71. The van der Waals surface area contributed by atoms with Gasteiger partial charge in [0.1, 0.15) is 22.6 Å². The van der Waals surface area contributed by atoms with Crippen LogP contribution in [-0.4, -0.2) is 23.8 Å². The van der Waals surface area contributed by atoms with Crippen molar-refractivity contribution in [2.45, 2.75) is 20.8 Å². The molecule has 0 spiro atoms. The number of aromatic nitrogens is 1. The molecule has 0 aliphatic carbocycles. The lowest BCUT2D eigenvalue weighted by molar-refractivity contribution is 0.101. The van der Waals surface area contributed by atoms with Crippen LogP contribution in [0.4, 0.5) is 5.69 Å². The first-order valence-electron chi connectivity index (χ1n) is 8.91. The maximum Gasteiger partial charge on any atom is 0.272 e. The predicted molar refractivity (Wildman–Crippen MR) is 108 cm³/mol. The van der Waals surface area contributed by atoms with Crippen LogP contribution in [0.1, 0.15) is 39.0 Å². The Labute approximate surface area is 161 Å². The zero-order chi connectivity index (χ0) is 20.0. The highest BCUT2D eigenvalue weighted by atomic mass is 16.5. The molecule has 2 aromatic carbocycles. The predicted octanol–water partition coefficient (Wildman–Crippen LogP) is 4.99. The zero-order valence-corrected chi connectivity index (χ0v) is 16.1. The number of rotatable bonds is 4. The molecule has 0 fully saturated rings. The van der Waals surface area contributed by atoms with Gasteiger partial charge < -0.3 is 19.5 Å². The summed E-state index contributed by atoms with van der Waals surface area (Å²) in [6.07, 6.45) is 0. The van der Waals surface area contributed by atoms with Crippen molar-refractivity contribution >= 4 is 39.3 Å². The Kier molecular flexibility index (Phi) is 4.19. The fourth-order valence-corrected chi connectivity index (χ4v) is 3.71. The van der Waals surface area contributed by atoms with Gasteiger partial charge in [-0.15, -0.1) is 0 Å². The number of ketones is 1. The molecule has 2 aromatic heterocycles. The van der Waals surface area contributed by atoms with Gasteiger partial charge in [0.25, 0.3) is 5.91 Å². The van der Waals surface area contributed by atoms with Crippen molar-refractivity contribution in [3.63, 3.8) is 0 Å². The summed E-state index contributed by atoms with van der Waals surface area (Å²) in [5, 5.41) is 4.76. The minimum atomic E-state index is -0.345. The Morgan fingerprint density at radius 1 is 1.07 bits per heavy atom. The average molecular weight is 376 g/mol. The minimum absolute atomic E-state index is 0.0772. The number of H-pyrrole nitrogens is 1. The van der Waals surface area contributed by atoms with Crippen LogP contribution in [0.15, 0.2) is 40.8 Å². The largest absolute Gasteiger partial charge is 0.495 e. The van der Waals surface area contributed by atoms with Crippen molar-refractivity contribution in [1.29, 1.82) is 0 Å². The summed E-state index contributed by atoms with van der Waals surface area (Å²) in [4.78, 5) is 27.7. The van der Waals surface area contributed by atoms with E-state index >= 15 is 0 Å². The van der Waals surface area contributed by atoms with E-state index in [1.54, 1.807) is 27.0 Å². The number of para-hydroxylation sites is 1. The van der Waals surface area contributed by atoms with Crippen molar-refractivity contribution in [2.24, 2.45) is 0 Å². The molecule has 2 N–H and O–H groups in total. The Bertz CT molecular complexity index is 1250. The number of carbonyl (C=O) groups is 2. The number of methoxy groups -OCH3 is 1. The highest BCUT2D eigenvalue weighted by molar-refractivity contribution is 6.11. The second-order valence-corrected chi connectivity index (χ2v) is 6.78. The third-order valence-corrected chi connectivity index (χ3v) is 4.96. The van der Waals surface area contributed by atoms with Crippen LogP contribution in [0.5, 0.6) is 5.75 Å². The van der Waals surface area contributed by atoms with Gasteiger partial charge in [-0.3, -0.25) is 9.59 Å². The summed E-state index contributed by atoms with van der Waals surface area (Å²) in [6, 6.07) is 11.3. The van der Waals surface area contributed by atoms with E-state index in [2.05, 4.69) is 10.3 Å². The van der Waals surface area contributed by atoms with Crippen molar-refractivity contribution in [2.75, 3.05) is 12.4 Å². The number of Topliss-reactive ketones (excluding diaryl/α,β-unsaturated/α-hetero) is 1. The molecule has 0 bridgehead atoms. The molecule has 28 heavy (non-hydrogen) atoms. The number of ether oxygens (including phenoxy) is 1. The van der Waals surface area contributed by atoms with Crippen LogP contribution < -0.4 is 10.1 Å². The van der Waals surface area contributed by atoms with Crippen molar-refractivity contribution < 1.29 is 18.7 Å². The second-order valence-electron chi connectivity index (χ2n) is 6.78. The van der Waals surface area contributed by atoms with Crippen LogP contribution in [0.2, 0.25) is 0 Å². The summed E-state index contributed by atoms with van der Waals surface area (Å²) in [5.41, 5.74) is 4.13. The van der Waals surface area contributed by atoms with Crippen molar-refractivity contribution in [3.8, 4) is 5.75 Å². The number of nitrogens with one attached hydrogen (secondary N) is 2. The van der Waals surface area contributed by atoms with Crippen LogP contribution in [0, 0.1) is 13.8 Å². The van der Waals surface area contributed by atoms with Gasteiger partial charge in [0.2, 0.25) is 0 Å². The molecule has 4 rings (SSSR count). The number of fused-ring (bicyclic) bond motifs is 3. The van der Waals surface area contributed by atoms with Gasteiger partial charge in [-0.1, -0.05) is 18.2 Å². The molecule has 142 valence electrons. The Morgan fingerprint density at radius 3 is 2.50 bits per heavy atom. The Morgan fingerprint density at radius 2 is 1.82 bits per heavy atom. The minimum Gasteiger partial charge on any atom is -0.495 e. The van der Waals surface area contributed by atoms with Crippen molar-refractivity contribution in [3.05, 3.63) is 58.9 Å². The maximum atomic E-state index is 12.9. The van der Waals surface area contributed by atoms with E-state index in [0.717, 1.165) is 16.4 Å². The molecule has 4 aromatic rings. The van der Waals surface area contributed by atoms with Gasteiger partial charge in [0, 0.05) is 28.1 Å². The Hall–Kier alpha value is -3.54. The molecule has 0 atom stereocenters. The van der Waals surface area contributed by atoms with Crippen molar-refractivity contribution in [1.82, 2.24) is 4.98 Å². The number of benzene rings is 2. The third-order valence-electron chi connectivity index (χ3n) is 4.96. The van der Waals surface area contributed by atoms with Crippen LogP contribution in [0.3, 0.4) is 0 Å². The number of carbonyl (C=O) groups excluding carboxylic acids is 2. The van der Waals surface area contributed by atoms with E-state index in [1.807, 2.05) is 30.3 Å². The third kappa shape index (κ3) is 2.74. The van der Waals surface area contributed by atoms with Gasteiger partial charge in [-0.05, 0) is 38.5 Å². The molecule has 0 unspecified atom stereocenters. The highest BCUT2D eigenvalue weighted by Gasteiger charge is 2.21. The quantitative estimate of drug-likeness (QED) is 0.491. The molecule has 1 amide bonds. The maximum absolute atomic E-state index is 12.9. The lowest BCUT2D eigenvalue weighted by Gasteiger charge is -2.10. The number of anilines is 1. The topological polar surface area (TPSA) is 84.3 Å². The van der Waals surface area contributed by atoms with Gasteiger partial charge in [0.05, 0.1) is 12.8 Å². The normalized spacial score (nSPS) is 11.1. The van der Waals surface area contributed by atoms with Crippen LogP contribution >= 0.6 is 0 Å². The SMILES string of the molecule is COc1cc2c(cc1NC(=O)c1[nH]c(C)c(C(C)=O)c1C)oc1ccccc12. The Balaban J connectivity index is 1.77. The van der Waals surface area contributed by atoms with Gasteiger partial charge in [0.15, 0.2) is 5.78 Å². The van der Waals surface area contributed by atoms with Gasteiger partial charge in [-0.2, -0.15) is 0 Å². The summed E-state index contributed by atoms with van der Waals surface area (Å²) < 4.78 is 11.4. The smallest absolute Gasteiger partial charge is 0.272 e. The number of aromatic amines is 1. The lowest BCUT2D eigenvalue weighted by Crippen LogP contribution is -2.14. The van der Waals surface area contributed by atoms with Crippen LogP contribution in [0.25, 0.3) is 21.9 Å². The first kappa shape index (κ1) is 17.9. The van der Waals surface area contributed by atoms with Crippen LogP contribution in [-0.2, 0) is 0 Å². The van der Waals surface area contributed by atoms with Gasteiger partial charge >= 0.3 is 0 Å². The molecule has 6 heteroatoms. The summed E-state index contributed by atoms with van der Waals surface area (Å²) in [7, 11) is 1.55.